The van der Waals surface area contributed by atoms with Gasteiger partial charge in [0, 0.05) is 31.5 Å². The van der Waals surface area contributed by atoms with Crippen molar-refractivity contribution in [3.8, 4) is 0 Å². The van der Waals surface area contributed by atoms with E-state index in [9.17, 15) is 14.4 Å². The van der Waals surface area contributed by atoms with E-state index >= 15 is 0 Å². The molecule has 1 saturated heterocycles. The molecule has 0 spiro atoms. The Morgan fingerprint density at radius 3 is 2.76 bits per heavy atom. The summed E-state index contributed by atoms with van der Waals surface area (Å²) in [4.78, 5) is 38.1. The molecular weight excluding hydrogens is 322 g/mol. The quantitative estimate of drug-likeness (QED) is 0.784. The summed E-state index contributed by atoms with van der Waals surface area (Å²) >= 11 is 0. The maximum Gasteiger partial charge on any atom is 0.331 e. The first kappa shape index (κ1) is 17.2. The lowest BCUT2D eigenvalue weighted by atomic mass is 10.2. The van der Waals surface area contributed by atoms with Crippen molar-refractivity contribution in [2.45, 2.75) is 45.8 Å². The average Bonchev–Trinajstić information content (AvgIpc) is 3.15. The van der Waals surface area contributed by atoms with Gasteiger partial charge in [0.15, 0.2) is 0 Å². The van der Waals surface area contributed by atoms with Gasteiger partial charge in [-0.2, -0.15) is 5.10 Å². The molecule has 0 aromatic carbocycles. The summed E-state index contributed by atoms with van der Waals surface area (Å²) in [6, 6.07) is 3.39. The van der Waals surface area contributed by atoms with Gasteiger partial charge < -0.3 is 4.90 Å². The fourth-order valence-electron chi connectivity index (χ4n) is 3.39. The lowest BCUT2D eigenvalue weighted by molar-refractivity contribution is -0.133. The van der Waals surface area contributed by atoms with Crippen molar-refractivity contribution in [2.75, 3.05) is 6.54 Å². The largest absolute Gasteiger partial charge is 0.336 e. The number of aromatic nitrogens is 4. The molecule has 1 aliphatic rings. The van der Waals surface area contributed by atoms with Gasteiger partial charge in [-0.25, -0.2) is 4.79 Å². The predicted octanol–water partition coefficient (Wildman–Crippen LogP) is 0.0515. The summed E-state index contributed by atoms with van der Waals surface area (Å²) in [5.41, 5.74) is 1.18. The summed E-state index contributed by atoms with van der Waals surface area (Å²) in [6.45, 7) is 5.25. The molecular formula is C17H23N5O3. The number of hydrogen-bond acceptors (Lipinski definition) is 4. The number of hydrogen-bond donors (Lipinski definition) is 0. The van der Waals surface area contributed by atoms with Crippen LogP contribution in [-0.4, -0.2) is 42.3 Å². The molecule has 1 fully saturated rings. The third-order valence-corrected chi connectivity index (χ3v) is 4.75. The Labute approximate surface area is 145 Å². The summed E-state index contributed by atoms with van der Waals surface area (Å²) in [6.07, 6.45) is 3.25. The molecule has 0 radical (unpaired) electrons. The minimum atomic E-state index is -0.477. The van der Waals surface area contributed by atoms with E-state index in [-0.39, 0.29) is 24.1 Å². The summed E-state index contributed by atoms with van der Waals surface area (Å²) in [7, 11) is 1.41. The molecule has 0 aliphatic carbocycles. The Morgan fingerprint density at radius 1 is 1.32 bits per heavy atom. The first-order chi connectivity index (χ1) is 11.9. The molecule has 0 saturated carbocycles. The highest BCUT2D eigenvalue weighted by Crippen LogP contribution is 2.20. The van der Waals surface area contributed by atoms with Crippen LogP contribution in [0.3, 0.4) is 0 Å². The normalized spacial score (nSPS) is 17.2. The number of likely N-dealkylation sites (tertiary alicyclic amines) is 1. The van der Waals surface area contributed by atoms with Crippen LogP contribution in [0.1, 0.15) is 24.2 Å². The third-order valence-electron chi connectivity index (χ3n) is 4.75. The number of rotatable bonds is 4. The van der Waals surface area contributed by atoms with Crippen molar-refractivity contribution in [1.82, 2.24) is 23.8 Å². The molecule has 0 N–H and O–H groups in total. The van der Waals surface area contributed by atoms with Crippen molar-refractivity contribution >= 4 is 5.91 Å². The lowest BCUT2D eigenvalue weighted by Gasteiger charge is -2.25. The van der Waals surface area contributed by atoms with E-state index in [1.165, 1.54) is 23.9 Å². The van der Waals surface area contributed by atoms with Gasteiger partial charge in [-0.3, -0.25) is 23.4 Å². The van der Waals surface area contributed by atoms with Gasteiger partial charge >= 0.3 is 5.69 Å². The molecule has 1 aliphatic heterocycles. The van der Waals surface area contributed by atoms with E-state index in [1.807, 2.05) is 29.5 Å². The summed E-state index contributed by atoms with van der Waals surface area (Å²) < 4.78 is 4.22. The molecule has 8 nitrogen and oxygen atoms in total. The van der Waals surface area contributed by atoms with Crippen molar-refractivity contribution in [3.05, 3.63) is 50.6 Å². The molecule has 8 heteroatoms. The topological polar surface area (TPSA) is 82.1 Å². The molecule has 0 bridgehead atoms. The lowest BCUT2D eigenvalue weighted by Crippen LogP contribution is -2.44. The van der Waals surface area contributed by atoms with E-state index < -0.39 is 5.69 Å². The molecule has 3 heterocycles. The van der Waals surface area contributed by atoms with Gasteiger partial charge in [0.1, 0.15) is 6.54 Å². The highest BCUT2D eigenvalue weighted by Gasteiger charge is 2.29. The first-order valence-electron chi connectivity index (χ1n) is 8.44. The number of carbonyl (C=O) groups excluding carboxylic acids is 1. The van der Waals surface area contributed by atoms with Crippen LogP contribution in [0, 0.1) is 13.8 Å². The Balaban J connectivity index is 1.75. The molecule has 25 heavy (non-hydrogen) atoms. The smallest absolute Gasteiger partial charge is 0.331 e. The summed E-state index contributed by atoms with van der Waals surface area (Å²) in [5.74, 6) is -0.107. The molecule has 1 amide bonds. The Bertz CT molecular complexity index is 908. The van der Waals surface area contributed by atoms with Crippen molar-refractivity contribution < 1.29 is 4.79 Å². The highest BCUT2D eigenvalue weighted by molar-refractivity contribution is 5.76. The van der Waals surface area contributed by atoms with E-state index in [0.717, 1.165) is 28.8 Å². The van der Waals surface area contributed by atoms with E-state index in [4.69, 9.17) is 0 Å². The maximum atomic E-state index is 12.7. The Kier molecular flexibility index (Phi) is 4.61. The number of carbonyl (C=O) groups is 1. The van der Waals surface area contributed by atoms with Crippen LogP contribution in [0.15, 0.2) is 27.9 Å². The van der Waals surface area contributed by atoms with Crippen LogP contribution >= 0.6 is 0 Å². The fourth-order valence-corrected chi connectivity index (χ4v) is 3.39. The second kappa shape index (κ2) is 6.70. The van der Waals surface area contributed by atoms with E-state index in [1.54, 1.807) is 0 Å². The minimum absolute atomic E-state index is 0.0550. The fraction of sp³-hybridized carbons (Fsp3) is 0.529. The van der Waals surface area contributed by atoms with Crippen molar-refractivity contribution in [3.63, 3.8) is 0 Å². The standard InChI is InChI=1S/C17H23N5O3/c1-12-9-13(2)22(18-12)10-14-5-4-7-21(14)16(24)11-20-8-6-15(23)19(3)17(20)25/h6,8-9,14H,4-5,7,10-11H2,1-3H3. The van der Waals surface area contributed by atoms with Crippen LogP contribution in [0.25, 0.3) is 0 Å². The van der Waals surface area contributed by atoms with Gasteiger partial charge in [-0.05, 0) is 32.8 Å². The molecule has 1 atom stereocenters. The van der Waals surface area contributed by atoms with Crippen LogP contribution < -0.4 is 11.2 Å². The van der Waals surface area contributed by atoms with Gasteiger partial charge in [-0.1, -0.05) is 0 Å². The molecule has 134 valence electrons. The molecule has 1 unspecified atom stereocenters. The third kappa shape index (κ3) is 3.42. The second-order valence-electron chi connectivity index (χ2n) is 6.62. The average molecular weight is 345 g/mol. The van der Waals surface area contributed by atoms with Crippen molar-refractivity contribution in [2.24, 2.45) is 7.05 Å². The zero-order valence-electron chi connectivity index (χ0n) is 14.8. The van der Waals surface area contributed by atoms with Gasteiger partial charge in [0.05, 0.1) is 18.3 Å². The Morgan fingerprint density at radius 2 is 2.08 bits per heavy atom. The SMILES string of the molecule is Cc1cc(C)n(CC2CCCN2C(=O)Cn2ccc(=O)n(C)c2=O)n1. The van der Waals surface area contributed by atoms with Crippen LogP contribution in [0.4, 0.5) is 0 Å². The Hall–Kier alpha value is -2.64. The molecule has 3 rings (SSSR count). The highest BCUT2D eigenvalue weighted by atomic mass is 16.2. The van der Waals surface area contributed by atoms with Crippen LogP contribution in [-0.2, 0) is 24.9 Å². The second-order valence-corrected chi connectivity index (χ2v) is 6.62. The molecule has 2 aromatic heterocycles. The minimum Gasteiger partial charge on any atom is -0.336 e. The zero-order valence-corrected chi connectivity index (χ0v) is 14.8. The predicted molar refractivity (Wildman–Crippen MR) is 92.4 cm³/mol. The monoisotopic (exact) mass is 345 g/mol. The maximum absolute atomic E-state index is 12.7. The van der Waals surface area contributed by atoms with E-state index in [0.29, 0.717) is 13.1 Å². The van der Waals surface area contributed by atoms with Crippen LogP contribution in [0.5, 0.6) is 0 Å². The molecule has 2 aromatic rings. The van der Waals surface area contributed by atoms with E-state index in [2.05, 4.69) is 5.10 Å². The number of amides is 1. The first-order valence-corrected chi connectivity index (χ1v) is 8.44. The van der Waals surface area contributed by atoms with Crippen LogP contribution in [0.2, 0.25) is 0 Å². The number of aryl methyl sites for hydroxylation is 2. The van der Waals surface area contributed by atoms with Gasteiger partial charge in [0.25, 0.3) is 5.56 Å². The number of nitrogens with zero attached hydrogens (tertiary/aromatic N) is 5. The van der Waals surface area contributed by atoms with Crippen molar-refractivity contribution in [1.29, 1.82) is 0 Å². The summed E-state index contributed by atoms with van der Waals surface area (Å²) in [5, 5.41) is 4.47. The zero-order chi connectivity index (χ0) is 18.1. The van der Waals surface area contributed by atoms with Gasteiger partial charge in [-0.15, -0.1) is 0 Å². The van der Waals surface area contributed by atoms with Gasteiger partial charge in [0.2, 0.25) is 5.91 Å².